The summed E-state index contributed by atoms with van der Waals surface area (Å²) in [5.41, 5.74) is 0. The molecule has 3 fully saturated rings. The molecular weight excluding hydrogens is 174 g/mol. The van der Waals surface area contributed by atoms with E-state index in [0.29, 0.717) is 6.04 Å². The minimum atomic E-state index is -0.0577. The Labute approximate surface area is 86.1 Å². The van der Waals surface area contributed by atoms with Crippen LogP contribution in [-0.2, 0) is 0 Å². The van der Waals surface area contributed by atoms with Gasteiger partial charge < -0.3 is 10.4 Å². The van der Waals surface area contributed by atoms with Crippen molar-refractivity contribution in [1.29, 1.82) is 0 Å². The van der Waals surface area contributed by atoms with Crippen molar-refractivity contribution in [3.8, 4) is 0 Å². The Bertz CT molecular complexity index is 206. The molecular formula is C12H21NO. The Morgan fingerprint density at radius 1 is 0.857 bits per heavy atom. The summed E-state index contributed by atoms with van der Waals surface area (Å²) in [6.07, 6.45) is 9.10. The van der Waals surface area contributed by atoms with Crippen LogP contribution in [0.4, 0.5) is 0 Å². The molecule has 0 aromatic rings. The molecule has 0 aromatic heterocycles. The van der Waals surface area contributed by atoms with Crippen molar-refractivity contribution in [1.82, 2.24) is 5.32 Å². The number of fused-ring (bicyclic) bond motifs is 1. The van der Waals surface area contributed by atoms with E-state index < -0.39 is 0 Å². The fourth-order valence-corrected chi connectivity index (χ4v) is 3.62. The molecule has 3 aliphatic rings. The van der Waals surface area contributed by atoms with Crippen molar-refractivity contribution >= 4 is 0 Å². The average molecular weight is 195 g/mol. The van der Waals surface area contributed by atoms with Gasteiger partial charge in [-0.3, -0.25) is 0 Å². The second-order valence-electron chi connectivity index (χ2n) is 5.41. The molecule has 4 atom stereocenters. The van der Waals surface area contributed by atoms with Gasteiger partial charge in [0.1, 0.15) is 0 Å². The minimum Gasteiger partial charge on any atom is -0.392 e. The quantitative estimate of drug-likeness (QED) is 0.702. The molecule has 2 heteroatoms. The van der Waals surface area contributed by atoms with E-state index in [1.807, 2.05) is 0 Å². The Balaban J connectivity index is 1.53. The highest BCUT2D eigenvalue weighted by molar-refractivity contribution is 5.06. The normalized spacial score (nSPS) is 51.6. The molecule has 3 saturated carbocycles. The van der Waals surface area contributed by atoms with Crippen molar-refractivity contribution < 1.29 is 5.11 Å². The second kappa shape index (κ2) is 3.49. The molecule has 0 spiro atoms. The maximum atomic E-state index is 9.74. The second-order valence-corrected chi connectivity index (χ2v) is 5.41. The third-order valence-corrected chi connectivity index (χ3v) is 4.54. The van der Waals surface area contributed by atoms with E-state index >= 15 is 0 Å². The third kappa shape index (κ3) is 1.49. The van der Waals surface area contributed by atoms with Crippen LogP contribution in [-0.4, -0.2) is 23.3 Å². The van der Waals surface area contributed by atoms with Gasteiger partial charge in [0.25, 0.3) is 0 Å². The van der Waals surface area contributed by atoms with E-state index in [-0.39, 0.29) is 6.10 Å². The number of aliphatic hydroxyl groups excluding tert-OH is 1. The van der Waals surface area contributed by atoms with Gasteiger partial charge in [-0.2, -0.15) is 0 Å². The summed E-state index contributed by atoms with van der Waals surface area (Å²) < 4.78 is 0. The van der Waals surface area contributed by atoms with Gasteiger partial charge in [0.2, 0.25) is 0 Å². The molecule has 0 saturated heterocycles. The molecule has 3 rings (SSSR count). The topological polar surface area (TPSA) is 32.3 Å². The van der Waals surface area contributed by atoms with Gasteiger partial charge in [0.15, 0.2) is 0 Å². The predicted octanol–water partition coefficient (Wildman–Crippen LogP) is 1.68. The van der Waals surface area contributed by atoms with E-state index in [9.17, 15) is 5.11 Å². The lowest BCUT2D eigenvalue weighted by atomic mass is 10.0. The molecule has 0 aliphatic heterocycles. The first-order valence-electron chi connectivity index (χ1n) is 6.30. The monoisotopic (exact) mass is 195 g/mol. The fraction of sp³-hybridized carbons (Fsp3) is 1.00. The maximum absolute atomic E-state index is 9.74. The van der Waals surface area contributed by atoms with Gasteiger partial charge in [0.05, 0.1) is 6.10 Å². The highest BCUT2D eigenvalue weighted by atomic mass is 16.3. The summed E-state index contributed by atoms with van der Waals surface area (Å²) in [7, 11) is 0. The molecule has 0 heterocycles. The first-order valence-corrected chi connectivity index (χ1v) is 6.30. The lowest BCUT2D eigenvalue weighted by Gasteiger charge is -2.16. The maximum Gasteiger partial charge on any atom is 0.0693 e. The molecule has 0 aromatic carbocycles. The van der Waals surface area contributed by atoms with Crippen molar-refractivity contribution in [3.63, 3.8) is 0 Å². The summed E-state index contributed by atoms with van der Waals surface area (Å²) in [6, 6.07) is 1.20. The molecule has 0 amide bonds. The van der Waals surface area contributed by atoms with Gasteiger partial charge >= 0.3 is 0 Å². The first kappa shape index (κ1) is 9.17. The summed E-state index contributed by atoms with van der Waals surface area (Å²) in [5, 5.41) is 13.4. The van der Waals surface area contributed by atoms with Crippen molar-refractivity contribution in [2.45, 2.75) is 63.1 Å². The third-order valence-electron chi connectivity index (χ3n) is 4.54. The van der Waals surface area contributed by atoms with E-state index in [1.165, 1.54) is 38.5 Å². The molecule has 14 heavy (non-hydrogen) atoms. The molecule has 80 valence electrons. The Morgan fingerprint density at radius 2 is 1.57 bits per heavy atom. The van der Waals surface area contributed by atoms with Crippen molar-refractivity contribution in [2.24, 2.45) is 11.8 Å². The van der Waals surface area contributed by atoms with E-state index in [0.717, 1.165) is 24.3 Å². The molecule has 0 bridgehead atoms. The fourth-order valence-electron chi connectivity index (χ4n) is 3.62. The van der Waals surface area contributed by atoms with Gasteiger partial charge in [0, 0.05) is 12.1 Å². The largest absolute Gasteiger partial charge is 0.392 e. The highest BCUT2D eigenvalue weighted by Crippen LogP contribution is 2.50. The van der Waals surface area contributed by atoms with E-state index in [4.69, 9.17) is 0 Å². The first-order chi connectivity index (χ1) is 6.86. The molecule has 0 radical (unpaired) electrons. The van der Waals surface area contributed by atoms with E-state index in [1.54, 1.807) is 0 Å². The van der Waals surface area contributed by atoms with Crippen molar-refractivity contribution in [2.75, 3.05) is 0 Å². The van der Waals surface area contributed by atoms with E-state index in [2.05, 4.69) is 5.32 Å². The summed E-state index contributed by atoms with van der Waals surface area (Å²) >= 11 is 0. The number of nitrogens with one attached hydrogen (secondary N) is 1. The van der Waals surface area contributed by atoms with Crippen LogP contribution in [0.1, 0.15) is 44.9 Å². The standard InChI is InChI=1S/C12H21NO/c14-11-7-3-6-10(11)13-12-8-4-1-2-5-9(8)12/h8-14H,1-7H2. The molecule has 2 nitrogen and oxygen atoms in total. The van der Waals surface area contributed by atoms with Crippen LogP contribution in [0.25, 0.3) is 0 Å². The summed E-state index contributed by atoms with van der Waals surface area (Å²) in [5.74, 6) is 1.94. The zero-order valence-electron chi connectivity index (χ0n) is 8.78. The van der Waals surface area contributed by atoms with Crippen LogP contribution in [0.3, 0.4) is 0 Å². The number of rotatable bonds is 2. The Kier molecular flexibility index (Phi) is 2.29. The summed E-state index contributed by atoms with van der Waals surface area (Å²) in [4.78, 5) is 0. The van der Waals surface area contributed by atoms with Crippen molar-refractivity contribution in [3.05, 3.63) is 0 Å². The van der Waals surface area contributed by atoms with Crippen LogP contribution >= 0.6 is 0 Å². The van der Waals surface area contributed by atoms with Gasteiger partial charge in [-0.1, -0.05) is 12.8 Å². The Hall–Kier alpha value is -0.0800. The van der Waals surface area contributed by atoms with Gasteiger partial charge in [-0.05, 0) is 43.9 Å². The number of hydrogen-bond acceptors (Lipinski definition) is 2. The highest BCUT2D eigenvalue weighted by Gasteiger charge is 2.51. The predicted molar refractivity (Wildman–Crippen MR) is 56.0 cm³/mol. The van der Waals surface area contributed by atoms with Crippen LogP contribution in [0.2, 0.25) is 0 Å². The molecule has 4 unspecified atom stereocenters. The molecule has 2 N–H and O–H groups in total. The average Bonchev–Trinajstić information content (AvgIpc) is 2.75. The lowest BCUT2D eigenvalue weighted by molar-refractivity contribution is 0.147. The lowest BCUT2D eigenvalue weighted by Crippen LogP contribution is -2.38. The SMILES string of the molecule is OC1CCCC1NC1C2CCCCC21. The smallest absolute Gasteiger partial charge is 0.0693 e. The Morgan fingerprint density at radius 3 is 2.14 bits per heavy atom. The van der Waals surface area contributed by atoms with Crippen LogP contribution < -0.4 is 5.32 Å². The van der Waals surface area contributed by atoms with Gasteiger partial charge in [-0.25, -0.2) is 0 Å². The number of aliphatic hydroxyl groups is 1. The van der Waals surface area contributed by atoms with Gasteiger partial charge in [-0.15, -0.1) is 0 Å². The number of hydrogen-bond donors (Lipinski definition) is 2. The summed E-state index contributed by atoms with van der Waals surface area (Å²) in [6.45, 7) is 0. The van der Waals surface area contributed by atoms with Crippen LogP contribution in [0.15, 0.2) is 0 Å². The molecule has 3 aliphatic carbocycles. The zero-order valence-corrected chi connectivity index (χ0v) is 8.78. The minimum absolute atomic E-state index is 0.0577. The van der Waals surface area contributed by atoms with Crippen LogP contribution in [0, 0.1) is 11.8 Å². The zero-order chi connectivity index (χ0) is 9.54. The van der Waals surface area contributed by atoms with Crippen LogP contribution in [0.5, 0.6) is 0 Å².